The number of hydrogen-bond acceptors (Lipinski definition) is 5. The first-order valence-corrected chi connectivity index (χ1v) is 12.1. The van der Waals surface area contributed by atoms with Gasteiger partial charge in [0, 0.05) is 33.8 Å². The number of sulfonamides is 1. The zero-order chi connectivity index (χ0) is 19.0. The third kappa shape index (κ3) is 3.58. The Bertz CT molecular complexity index is 991. The number of fused-ring (bicyclic) bond motifs is 2. The van der Waals surface area contributed by atoms with E-state index in [1.165, 1.54) is 4.31 Å². The highest BCUT2D eigenvalue weighted by molar-refractivity contribution is 8.00. The van der Waals surface area contributed by atoms with Crippen molar-refractivity contribution in [2.75, 3.05) is 21.9 Å². The van der Waals surface area contributed by atoms with E-state index in [2.05, 4.69) is 12.2 Å². The van der Waals surface area contributed by atoms with Crippen LogP contribution in [0, 0.1) is 0 Å². The lowest BCUT2D eigenvalue weighted by atomic mass is 10.2. The Morgan fingerprint density at radius 1 is 1.19 bits per heavy atom. The van der Waals surface area contributed by atoms with Crippen molar-refractivity contribution in [3.8, 4) is 0 Å². The summed E-state index contributed by atoms with van der Waals surface area (Å²) in [5.41, 5.74) is 1.30. The van der Waals surface area contributed by atoms with Crippen LogP contribution in [-0.2, 0) is 14.8 Å². The topological polar surface area (TPSA) is 66.5 Å². The van der Waals surface area contributed by atoms with Crippen molar-refractivity contribution < 1.29 is 13.2 Å². The fraction of sp³-hybridized carbons (Fsp3) is 0.316. The summed E-state index contributed by atoms with van der Waals surface area (Å²) in [6.45, 7) is 2.52. The van der Waals surface area contributed by atoms with Gasteiger partial charge >= 0.3 is 0 Å². The molecular weight excluding hydrogens is 400 g/mol. The molecule has 2 heterocycles. The number of nitrogens with one attached hydrogen (secondary N) is 1. The van der Waals surface area contributed by atoms with E-state index in [1.807, 2.05) is 24.3 Å². The molecule has 1 amide bonds. The fourth-order valence-electron chi connectivity index (χ4n) is 3.19. The number of benzene rings is 2. The van der Waals surface area contributed by atoms with Crippen LogP contribution in [0.3, 0.4) is 0 Å². The summed E-state index contributed by atoms with van der Waals surface area (Å²) < 4.78 is 28.4. The predicted octanol–water partition coefficient (Wildman–Crippen LogP) is 4.20. The number of carbonyl (C=O) groups is 1. The van der Waals surface area contributed by atoms with Gasteiger partial charge in [0.25, 0.3) is 10.0 Å². The Morgan fingerprint density at radius 3 is 2.81 bits per heavy atom. The number of rotatable bonds is 3. The molecule has 2 aromatic carbocycles. The van der Waals surface area contributed by atoms with Crippen LogP contribution >= 0.6 is 23.5 Å². The highest BCUT2D eigenvalue weighted by Gasteiger charge is 2.33. The Labute approximate surface area is 168 Å². The average molecular weight is 421 g/mol. The summed E-state index contributed by atoms with van der Waals surface area (Å²) in [6, 6.07) is 12.6. The molecule has 142 valence electrons. The fourth-order valence-corrected chi connectivity index (χ4v) is 7.04. The number of carbonyl (C=O) groups excluding carboxylic acids is 1. The molecule has 2 aromatic rings. The van der Waals surface area contributed by atoms with Crippen LogP contribution in [-0.4, -0.2) is 31.9 Å². The molecule has 0 saturated heterocycles. The van der Waals surface area contributed by atoms with Crippen LogP contribution < -0.4 is 9.62 Å². The molecule has 0 fully saturated rings. The SMILES string of the molecule is CC[C@H]1CN(S(=O)(=O)c2ccc3c(c2)NC(=O)CCS3)c2ccccc2S1. The third-order valence-electron chi connectivity index (χ3n) is 4.65. The van der Waals surface area contributed by atoms with Gasteiger partial charge in [0.1, 0.15) is 0 Å². The standard InChI is InChI=1S/C19H20N2O3S3/c1-2-13-12-21(16-5-3-4-6-18(16)26-13)27(23,24)14-7-8-17-15(11-14)20-19(22)9-10-25-17/h3-8,11,13H,2,9-10,12H2,1H3,(H,20,22)/t13-/m0/s1. The van der Waals surface area contributed by atoms with Crippen molar-refractivity contribution in [1.82, 2.24) is 0 Å². The van der Waals surface area contributed by atoms with E-state index in [4.69, 9.17) is 0 Å². The Balaban J connectivity index is 1.77. The van der Waals surface area contributed by atoms with Crippen molar-refractivity contribution in [1.29, 1.82) is 0 Å². The zero-order valence-corrected chi connectivity index (χ0v) is 17.3. The van der Waals surface area contributed by atoms with Crippen molar-refractivity contribution in [2.45, 2.75) is 39.7 Å². The second kappa shape index (κ2) is 7.41. The van der Waals surface area contributed by atoms with E-state index >= 15 is 0 Å². The van der Waals surface area contributed by atoms with E-state index in [-0.39, 0.29) is 16.1 Å². The Hall–Kier alpha value is -1.64. The van der Waals surface area contributed by atoms with Gasteiger partial charge in [0.2, 0.25) is 5.91 Å². The summed E-state index contributed by atoms with van der Waals surface area (Å²) in [7, 11) is -3.72. The molecule has 1 atom stereocenters. The molecule has 2 aliphatic rings. The molecule has 0 aliphatic carbocycles. The number of nitrogens with zero attached hydrogens (tertiary/aromatic N) is 1. The van der Waals surface area contributed by atoms with Crippen LogP contribution in [0.1, 0.15) is 19.8 Å². The first-order valence-electron chi connectivity index (χ1n) is 8.84. The predicted molar refractivity (Wildman–Crippen MR) is 111 cm³/mol. The summed E-state index contributed by atoms with van der Waals surface area (Å²) in [4.78, 5) is 14.0. The number of amides is 1. The zero-order valence-electron chi connectivity index (χ0n) is 14.8. The lowest BCUT2D eigenvalue weighted by molar-refractivity contribution is -0.115. The maximum Gasteiger partial charge on any atom is 0.264 e. The molecule has 8 heteroatoms. The van der Waals surface area contributed by atoms with Crippen LogP contribution in [0.2, 0.25) is 0 Å². The van der Waals surface area contributed by atoms with Crippen molar-refractivity contribution in [3.63, 3.8) is 0 Å². The maximum absolute atomic E-state index is 13.5. The maximum atomic E-state index is 13.5. The van der Waals surface area contributed by atoms with Crippen molar-refractivity contribution in [2.24, 2.45) is 0 Å². The number of para-hydroxylation sites is 1. The van der Waals surface area contributed by atoms with Gasteiger partial charge in [-0.05, 0) is 36.8 Å². The largest absolute Gasteiger partial charge is 0.325 e. The van der Waals surface area contributed by atoms with E-state index in [0.29, 0.717) is 24.4 Å². The first kappa shape index (κ1) is 18.7. The van der Waals surface area contributed by atoms with Gasteiger partial charge in [-0.1, -0.05) is 19.1 Å². The molecule has 0 spiro atoms. The van der Waals surface area contributed by atoms with E-state index in [1.54, 1.807) is 41.7 Å². The van der Waals surface area contributed by atoms with Crippen molar-refractivity contribution in [3.05, 3.63) is 42.5 Å². The number of thioether (sulfide) groups is 2. The minimum Gasteiger partial charge on any atom is -0.325 e. The highest BCUT2D eigenvalue weighted by atomic mass is 32.2. The van der Waals surface area contributed by atoms with Gasteiger partial charge in [-0.2, -0.15) is 0 Å². The lowest BCUT2D eigenvalue weighted by Crippen LogP contribution is -2.39. The van der Waals surface area contributed by atoms with Gasteiger partial charge < -0.3 is 5.32 Å². The summed E-state index contributed by atoms with van der Waals surface area (Å²) >= 11 is 3.30. The van der Waals surface area contributed by atoms with E-state index < -0.39 is 10.0 Å². The summed E-state index contributed by atoms with van der Waals surface area (Å²) in [5, 5.41) is 3.04. The summed E-state index contributed by atoms with van der Waals surface area (Å²) in [6.07, 6.45) is 1.32. The minimum absolute atomic E-state index is 0.0819. The minimum atomic E-state index is -3.72. The van der Waals surface area contributed by atoms with Gasteiger partial charge in [0.15, 0.2) is 0 Å². The second-order valence-corrected chi connectivity index (χ2v) is 10.8. The monoisotopic (exact) mass is 420 g/mol. The Kier molecular flexibility index (Phi) is 5.13. The molecule has 2 aliphatic heterocycles. The molecule has 4 rings (SSSR count). The molecule has 0 bridgehead atoms. The smallest absolute Gasteiger partial charge is 0.264 e. The van der Waals surface area contributed by atoms with Gasteiger partial charge in [-0.15, -0.1) is 23.5 Å². The quantitative estimate of drug-likeness (QED) is 0.806. The van der Waals surface area contributed by atoms with Crippen LogP contribution in [0.4, 0.5) is 11.4 Å². The lowest BCUT2D eigenvalue weighted by Gasteiger charge is -2.34. The molecule has 27 heavy (non-hydrogen) atoms. The number of hydrogen-bond donors (Lipinski definition) is 1. The van der Waals surface area contributed by atoms with E-state index in [9.17, 15) is 13.2 Å². The van der Waals surface area contributed by atoms with Crippen LogP contribution in [0.25, 0.3) is 0 Å². The first-order chi connectivity index (χ1) is 13.0. The average Bonchev–Trinajstić information content (AvgIpc) is 2.86. The molecule has 0 saturated carbocycles. The Morgan fingerprint density at radius 2 is 2.00 bits per heavy atom. The number of anilines is 2. The summed E-state index contributed by atoms with van der Waals surface area (Å²) in [5.74, 6) is 0.612. The molecule has 0 unspecified atom stereocenters. The normalized spacial score (nSPS) is 19.7. The second-order valence-electron chi connectivity index (χ2n) is 6.46. The molecule has 0 radical (unpaired) electrons. The van der Waals surface area contributed by atoms with Crippen molar-refractivity contribution >= 4 is 50.8 Å². The van der Waals surface area contributed by atoms with Gasteiger partial charge in [0.05, 0.1) is 16.3 Å². The molecule has 1 N–H and O–H groups in total. The van der Waals surface area contributed by atoms with Gasteiger partial charge in [-0.3, -0.25) is 9.10 Å². The molecule has 0 aromatic heterocycles. The van der Waals surface area contributed by atoms with E-state index in [0.717, 1.165) is 21.9 Å². The third-order valence-corrected chi connectivity index (χ3v) is 8.92. The van der Waals surface area contributed by atoms with Crippen LogP contribution in [0.5, 0.6) is 0 Å². The molecule has 5 nitrogen and oxygen atoms in total. The highest BCUT2D eigenvalue weighted by Crippen LogP contribution is 2.42. The van der Waals surface area contributed by atoms with Crippen LogP contribution in [0.15, 0.2) is 57.2 Å². The molecular formula is C19H20N2O3S3. The van der Waals surface area contributed by atoms with Gasteiger partial charge in [-0.25, -0.2) is 8.42 Å².